The van der Waals surface area contributed by atoms with Gasteiger partial charge in [0.2, 0.25) is 5.76 Å². The molecule has 3 aromatic rings. The molecule has 0 saturated heterocycles. The number of carbonyl (C=O) groups is 1. The molecule has 0 unspecified atom stereocenters. The zero-order valence-electron chi connectivity index (χ0n) is 12.3. The molecular formula is C16H15N3O2S. The number of aryl methyl sites for hydroxylation is 2. The molecule has 3 rings (SSSR count). The number of hydrogen-bond acceptors (Lipinski definition) is 5. The number of carbonyl (C=O) groups excluding carboxylic acids is 1. The van der Waals surface area contributed by atoms with Gasteiger partial charge in [-0.15, -0.1) is 0 Å². The maximum atomic E-state index is 12.9. The van der Waals surface area contributed by atoms with E-state index in [1.54, 1.807) is 42.5 Å². The minimum absolute atomic E-state index is 0.211. The van der Waals surface area contributed by atoms with Crippen LogP contribution < -0.4 is 4.90 Å². The summed E-state index contributed by atoms with van der Waals surface area (Å²) >= 11 is 1.60. The molecule has 1 amide bonds. The molecule has 0 spiro atoms. The Morgan fingerprint density at radius 2 is 2.23 bits per heavy atom. The summed E-state index contributed by atoms with van der Waals surface area (Å²) in [5.41, 5.74) is 2.39. The second-order valence-corrected chi connectivity index (χ2v) is 5.66. The molecule has 0 N–H and O–H groups in total. The molecule has 0 radical (unpaired) electrons. The molecule has 6 heteroatoms. The Labute approximate surface area is 132 Å². The Hall–Kier alpha value is -2.47. The lowest BCUT2D eigenvalue weighted by molar-refractivity contribution is 0.0956. The number of nitrogens with zero attached hydrogens (tertiary/aromatic N) is 3. The molecule has 112 valence electrons. The van der Waals surface area contributed by atoms with Gasteiger partial charge in [-0.2, -0.15) is 11.3 Å². The van der Waals surface area contributed by atoms with Crippen LogP contribution in [0.4, 0.5) is 5.69 Å². The van der Waals surface area contributed by atoms with E-state index in [9.17, 15) is 4.79 Å². The minimum Gasteiger partial charge on any atom is -0.436 e. The molecule has 0 bridgehead atoms. The fourth-order valence-electron chi connectivity index (χ4n) is 2.21. The maximum absolute atomic E-state index is 12.9. The summed E-state index contributed by atoms with van der Waals surface area (Å²) in [5.74, 6) is 0.552. The van der Waals surface area contributed by atoms with Gasteiger partial charge in [0, 0.05) is 13.1 Å². The Morgan fingerprint density at radius 3 is 2.82 bits per heavy atom. The first-order chi connectivity index (χ1) is 10.6. The lowest BCUT2D eigenvalue weighted by Gasteiger charge is -2.21. The van der Waals surface area contributed by atoms with Gasteiger partial charge in [0.25, 0.3) is 5.91 Å². The van der Waals surface area contributed by atoms with E-state index in [4.69, 9.17) is 4.42 Å². The van der Waals surface area contributed by atoms with Crippen LogP contribution in [0.1, 0.15) is 27.7 Å². The number of thiophene rings is 1. The summed E-state index contributed by atoms with van der Waals surface area (Å²) in [7, 11) is 0. The Bertz CT molecular complexity index is 766. The number of pyridine rings is 1. The van der Waals surface area contributed by atoms with Crippen molar-refractivity contribution in [3.8, 4) is 0 Å². The molecule has 3 aromatic heterocycles. The topological polar surface area (TPSA) is 59.2 Å². The molecule has 0 aromatic carbocycles. The second kappa shape index (κ2) is 6.11. The molecule has 0 aliphatic carbocycles. The van der Waals surface area contributed by atoms with E-state index in [2.05, 4.69) is 9.97 Å². The van der Waals surface area contributed by atoms with Crippen molar-refractivity contribution in [2.24, 2.45) is 0 Å². The quantitative estimate of drug-likeness (QED) is 0.738. The largest absolute Gasteiger partial charge is 0.436 e. The molecule has 5 nitrogen and oxygen atoms in total. The maximum Gasteiger partial charge on any atom is 0.296 e. The van der Waals surface area contributed by atoms with Crippen molar-refractivity contribution >= 4 is 22.9 Å². The standard InChI is InChI=1S/C16H15N3O2S/c1-11-15(21-12(2)18-11)16(20)19(9-13-5-7-22-10-13)14-4-3-6-17-8-14/h3-8,10H,9H2,1-2H3. The average molecular weight is 313 g/mol. The van der Waals surface area contributed by atoms with E-state index >= 15 is 0 Å². The number of amides is 1. The van der Waals surface area contributed by atoms with E-state index in [-0.39, 0.29) is 11.7 Å². The van der Waals surface area contributed by atoms with E-state index in [1.165, 1.54) is 0 Å². The van der Waals surface area contributed by atoms with Crippen molar-refractivity contribution < 1.29 is 9.21 Å². The fourth-order valence-corrected chi connectivity index (χ4v) is 2.87. The first-order valence-corrected chi connectivity index (χ1v) is 7.76. The lowest BCUT2D eigenvalue weighted by Crippen LogP contribution is -2.30. The lowest BCUT2D eigenvalue weighted by atomic mass is 10.2. The van der Waals surface area contributed by atoms with Gasteiger partial charge in [0.1, 0.15) is 0 Å². The molecule has 0 aliphatic heterocycles. The predicted octanol–water partition coefficient (Wildman–Crippen LogP) is 3.59. The highest BCUT2D eigenvalue weighted by molar-refractivity contribution is 7.07. The normalized spacial score (nSPS) is 10.6. The summed E-state index contributed by atoms with van der Waals surface area (Å²) < 4.78 is 5.48. The van der Waals surface area contributed by atoms with E-state index in [1.807, 2.05) is 29.0 Å². The molecule has 0 fully saturated rings. The van der Waals surface area contributed by atoms with Gasteiger partial charge in [-0.1, -0.05) is 0 Å². The van der Waals surface area contributed by atoms with Crippen LogP contribution in [-0.2, 0) is 6.54 Å². The van der Waals surface area contributed by atoms with Crippen molar-refractivity contribution in [3.63, 3.8) is 0 Å². The summed E-state index contributed by atoms with van der Waals surface area (Å²) in [6.45, 7) is 3.97. The van der Waals surface area contributed by atoms with Gasteiger partial charge >= 0.3 is 0 Å². The Kier molecular flexibility index (Phi) is 4.02. The van der Waals surface area contributed by atoms with Crippen LogP contribution in [-0.4, -0.2) is 15.9 Å². The van der Waals surface area contributed by atoms with E-state index < -0.39 is 0 Å². The van der Waals surface area contributed by atoms with Crippen molar-refractivity contribution in [1.29, 1.82) is 0 Å². The minimum atomic E-state index is -0.211. The van der Waals surface area contributed by atoms with Crippen molar-refractivity contribution in [2.45, 2.75) is 20.4 Å². The summed E-state index contributed by atoms with van der Waals surface area (Å²) in [5, 5.41) is 4.01. The molecule has 22 heavy (non-hydrogen) atoms. The van der Waals surface area contributed by atoms with Crippen LogP contribution in [0.25, 0.3) is 0 Å². The fraction of sp³-hybridized carbons (Fsp3) is 0.188. The summed E-state index contributed by atoms with van der Waals surface area (Å²) in [6.07, 6.45) is 3.35. The Morgan fingerprint density at radius 1 is 1.36 bits per heavy atom. The van der Waals surface area contributed by atoms with Crippen LogP contribution in [0.2, 0.25) is 0 Å². The Balaban J connectivity index is 1.97. The monoisotopic (exact) mass is 313 g/mol. The van der Waals surface area contributed by atoms with E-state index in [0.29, 0.717) is 18.1 Å². The second-order valence-electron chi connectivity index (χ2n) is 4.88. The highest BCUT2D eigenvalue weighted by Gasteiger charge is 2.24. The zero-order valence-corrected chi connectivity index (χ0v) is 13.1. The van der Waals surface area contributed by atoms with Gasteiger partial charge < -0.3 is 4.42 Å². The number of hydrogen-bond donors (Lipinski definition) is 0. The van der Waals surface area contributed by atoms with Gasteiger partial charge in [0.15, 0.2) is 5.89 Å². The van der Waals surface area contributed by atoms with Crippen molar-refractivity contribution in [2.75, 3.05) is 4.90 Å². The molecule has 0 aliphatic rings. The summed E-state index contributed by atoms with van der Waals surface area (Å²) in [4.78, 5) is 22.8. The molecule has 0 saturated carbocycles. The predicted molar refractivity (Wildman–Crippen MR) is 85.0 cm³/mol. The van der Waals surface area contributed by atoms with Gasteiger partial charge in [-0.05, 0) is 41.4 Å². The van der Waals surface area contributed by atoms with Crippen LogP contribution in [0, 0.1) is 13.8 Å². The number of rotatable bonds is 4. The third kappa shape index (κ3) is 2.92. The van der Waals surface area contributed by atoms with Gasteiger partial charge in [-0.25, -0.2) is 4.98 Å². The van der Waals surface area contributed by atoms with Gasteiger partial charge in [-0.3, -0.25) is 14.7 Å². The number of anilines is 1. The van der Waals surface area contributed by atoms with Crippen molar-refractivity contribution in [1.82, 2.24) is 9.97 Å². The van der Waals surface area contributed by atoms with E-state index in [0.717, 1.165) is 11.3 Å². The third-order valence-corrected chi connectivity index (χ3v) is 3.95. The van der Waals surface area contributed by atoms with Gasteiger partial charge in [0.05, 0.1) is 24.1 Å². The average Bonchev–Trinajstić information content (AvgIpc) is 3.14. The van der Waals surface area contributed by atoms with Crippen molar-refractivity contribution in [3.05, 3.63) is 64.3 Å². The molecule has 0 atom stereocenters. The number of aromatic nitrogens is 2. The highest BCUT2D eigenvalue weighted by atomic mass is 32.1. The van der Waals surface area contributed by atoms with Crippen LogP contribution in [0.3, 0.4) is 0 Å². The first-order valence-electron chi connectivity index (χ1n) is 6.82. The smallest absolute Gasteiger partial charge is 0.296 e. The van der Waals surface area contributed by atoms with Crippen LogP contribution in [0.15, 0.2) is 45.8 Å². The van der Waals surface area contributed by atoms with Crippen LogP contribution in [0.5, 0.6) is 0 Å². The SMILES string of the molecule is Cc1nc(C)c(C(=O)N(Cc2ccsc2)c2cccnc2)o1. The highest BCUT2D eigenvalue weighted by Crippen LogP contribution is 2.22. The van der Waals surface area contributed by atoms with Crippen LogP contribution >= 0.6 is 11.3 Å². The molecular weight excluding hydrogens is 298 g/mol. The molecule has 3 heterocycles. The number of oxazole rings is 1. The summed E-state index contributed by atoms with van der Waals surface area (Å²) in [6, 6.07) is 5.66. The zero-order chi connectivity index (χ0) is 15.5. The first kappa shape index (κ1) is 14.5. The third-order valence-electron chi connectivity index (χ3n) is 3.22.